The van der Waals surface area contributed by atoms with Gasteiger partial charge in [-0.05, 0) is 41.0 Å². The Kier molecular flexibility index (Phi) is 33.9. The maximum absolute atomic E-state index is 15.0. The molecule has 0 saturated carbocycles. The van der Waals surface area contributed by atoms with Crippen LogP contribution in [0.15, 0.2) is 99.4 Å². The summed E-state index contributed by atoms with van der Waals surface area (Å²) < 4.78 is 236. The van der Waals surface area contributed by atoms with Crippen molar-refractivity contribution in [1.82, 2.24) is 86.8 Å². The number of nitrogen functional groups attached to an aromatic ring is 3. The van der Waals surface area contributed by atoms with E-state index in [4.69, 9.17) is 114 Å². The Balaban J connectivity index is 0.604. The van der Waals surface area contributed by atoms with Gasteiger partial charge >= 0.3 is 76.0 Å². The lowest BCUT2D eigenvalue weighted by atomic mass is 10.1. The van der Waals surface area contributed by atoms with Gasteiger partial charge in [0.1, 0.15) is 146 Å². The van der Waals surface area contributed by atoms with Crippen molar-refractivity contribution >= 4 is 173 Å². The Bertz CT molecular complexity index is 7320. The molecule has 0 amide bonds. The van der Waals surface area contributed by atoms with E-state index in [1.165, 1.54) is 63.6 Å². The number of anilines is 3. The van der Waals surface area contributed by atoms with Crippen LogP contribution in [-0.2, 0) is 128 Å². The number of nitrogens with zero attached hydrogens (tertiary/aromatic N) is 14. The fraction of sp³-hybridized carbons (Fsp3) is 0.583. The van der Waals surface area contributed by atoms with Crippen LogP contribution in [-0.4, -0.2) is 219 Å². The number of nitrogens with one attached hydrogen (secondary N) is 4. The zero-order chi connectivity index (χ0) is 104. The summed E-state index contributed by atoms with van der Waals surface area (Å²) in [5.41, 5.74) is 12.0. The van der Waals surface area contributed by atoms with Gasteiger partial charge in [-0.2, -0.15) is 4.98 Å². The highest BCUT2D eigenvalue weighted by molar-refractivity contribution is 8.46. The molecule has 0 spiro atoms. The van der Waals surface area contributed by atoms with Crippen LogP contribution in [0.3, 0.4) is 0 Å². The van der Waals surface area contributed by atoms with Gasteiger partial charge in [0, 0.05) is 111 Å². The van der Waals surface area contributed by atoms with Gasteiger partial charge < -0.3 is 54.9 Å². The van der Waals surface area contributed by atoms with Gasteiger partial charge in [0.2, 0.25) is 0 Å². The topological polar surface area (TPSA) is 733 Å². The second-order valence-corrected chi connectivity index (χ2v) is 54.0. The molecule has 9 aromatic heterocycles. The fourth-order valence-electron chi connectivity index (χ4n) is 16.7. The molecule has 28 atom stereocenters. The first-order valence-electron chi connectivity index (χ1n) is 43.4. The van der Waals surface area contributed by atoms with E-state index in [2.05, 4.69) is 141 Å². The minimum Gasteiger partial charge on any atom is -0.383 e. The number of fused-ring (bicyclic) bond motifs is 2. The lowest BCUT2D eigenvalue weighted by Crippen LogP contribution is -2.33. The Hall–Kier alpha value is -6.68. The summed E-state index contributed by atoms with van der Waals surface area (Å²) in [5.74, 6) is 0.0245. The Morgan fingerprint density at radius 1 is 0.326 bits per heavy atom. The molecule has 10 N–H and O–H groups in total. The van der Waals surface area contributed by atoms with Crippen LogP contribution in [0.25, 0.3) is 22.3 Å². The Morgan fingerprint density at radius 2 is 0.556 bits per heavy atom. The molecular weight excluding hydrogens is 2190 g/mol. The number of ether oxygens (including phenoxy) is 7. The first-order chi connectivity index (χ1) is 67.8. The molecule has 788 valence electrons. The third kappa shape index (κ3) is 25.9. The first-order valence-corrected chi connectivity index (χ1v) is 62.2. The summed E-state index contributed by atoms with van der Waals surface area (Å²) in [6, 6.07) is 0. The maximum atomic E-state index is 15.0. The molecule has 16 heterocycles. The van der Waals surface area contributed by atoms with Gasteiger partial charge in [-0.25, -0.2) is 85.8 Å². The molecular formula is C72H96N21O37P7S7. The zero-order valence-corrected chi connectivity index (χ0v) is 88.6. The number of H-pyrrole nitrogens is 4. The largest absolute Gasteiger partial charge is 0.386 e. The van der Waals surface area contributed by atoms with E-state index >= 15 is 4.57 Å². The minimum absolute atomic E-state index is 0.00703. The number of aromatic amines is 4. The molecule has 58 nitrogen and oxygen atoms in total. The summed E-state index contributed by atoms with van der Waals surface area (Å²) >= 11 is 29.9. The van der Waals surface area contributed by atoms with Gasteiger partial charge in [-0.1, -0.05) is 92.7 Å². The lowest BCUT2D eigenvalue weighted by molar-refractivity contribution is -0.0540. The number of hydrogen-bond donors (Lipinski definition) is 14. The molecule has 7 saturated heterocycles. The van der Waals surface area contributed by atoms with E-state index in [0.29, 0.717) is 23.1 Å². The average Bonchev–Trinajstić information content (AvgIpc) is 1.60. The zero-order valence-electron chi connectivity index (χ0n) is 76.1. The van der Waals surface area contributed by atoms with E-state index in [-0.39, 0.29) is 76.6 Å². The highest BCUT2D eigenvalue weighted by Crippen LogP contribution is 2.65. The standard InChI is InChI=1S/C72H96N21O37P7S7/c1-8-36-37(9-55(117-36)92-29-80-57-60(74)76-27-78-62(57)92)125-132(104,139)111-22-45-39(11-50(119-45)87-16-31(2)59(73)82-68(87)98)126-136(108,143)116-26-49-43(15-56(123-49)93-30-81-58-61(75)77-28-79-63(58)93)130-137(109,144)115-25-48-42(14-54(122-48)91-20-35(6)67(97)86-72(91)102)129-135(107,142)114-24-47-41(13-53(121-47)90-19-34(5)66(96)85-71(90)101)128-134(106,141)113-23-46-40(12-52(120-46)89-18-33(4)65(95)84-70(89)100)127-133(105,140)112-21-44-38(124-131(103,138)110-7)10-51(118-44)88-17-32(3)64(94)83-69(88)99/h16-20,27-30,36-56H,8-15,21-26H2,1-7H3,(H,103,138)(H,104,139)(H,105,140)(H,106,141)(H,107,142)(H,108,143)(H,109,144)(H2,73,82,98)(H2,74,76,78)(H2,75,77,79)(H,83,94,99)(H,84,95,100)(H,85,96,101)(H,86,97,102)/t36-,37?,38?,39?,40?,41?,42?,43?,44-,45-,46-,47-,48-,49-,50-,51-,52-,53-,54-,55-,56-,131?,132?,133?,134?,135?,136?,137?/m1/s1. The predicted molar refractivity (Wildman–Crippen MR) is 524 cm³/mol. The van der Waals surface area contributed by atoms with E-state index < -0.39 is 286 Å². The van der Waals surface area contributed by atoms with E-state index in [9.17, 15) is 70.5 Å². The van der Waals surface area contributed by atoms with Crippen LogP contribution in [0.4, 0.5) is 17.5 Å². The van der Waals surface area contributed by atoms with Crippen LogP contribution in [0, 0.1) is 34.6 Å². The third-order valence-electron chi connectivity index (χ3n) is 23.9. The highest BCUT2D eigenvalue weighted by Gasteiger charge is 2.53. The summed E-state index contributed by atoms with van der Waals surface area (Å²) in [4.78, 5) is 155. The van der Waals surface area contributed by atoms with Crippen molar-refractivity contribution in [2.45, 2.75) is 222 Å². The Labute approximate surface area is 846 Å². The third-order valence-corrected chi connectivity index (χ3v) is 35.5. The summed E-state index contributed by atoms with van der Waals surface area (Å²) in [6.07, 6.45) is -18.5. The number of thiol groups is 7. The van der Waals surface area contributed by atoms with Gasteiger partial charge in [0.15, 0.2) is 22.9 Å². The van der Waals surface area contributed by atoms with E-state index in [0.717, 1.165) is 54.9 Å². The molecule has 0 bridgehead atoms. The number of hydrogen-bond acceptors (Lipinski definition) is 47. The average molecular weight is 2290 g/mol. The number of aromatic nitrogens is 18. The SMILES string of the molecule is CC[C@H]1O[C@@H](n2cnc3c(N)ncnc32)CC1OP(=O)(S)OC[C@H]1O[C@@H](n2cc(C)c(N)nc2=O)CC1OP(=O)(S)OC[C@H]1O[C@@H](n2cnc3c(N)ncnc32)CC1OP(=O)(S)OC[C@H]1O[C@@H](n2cc(C)c(=O)[nH]c2=O)CC1OP(=O)(S)OC[C@H]1O[C@@H](n2cc(C)c(=O)[nH]c2=O)CC1OP(=O)(S)OC[C@H]1O[C@@H](n2cc(C)c(=O)[nH]c2=O)CC1OP(=O)(S)OC[C@H]1O[C@@H](n2cc(C)c(=O)[nH]c2=O)CC1OP(=O)(S)OC. The maximum Gasteiger partial charge on any atom is 0.386 e. The van der Waals surface area contributed by atoms with Crippen molar-refractivity contribution < 1.29 is 128 Å². The van der Waals surface area contributed by atoms with Crippen LogP contribution >= 0.6 is 133 Å². The second kappa shape index (κ2) is 44.3. The van der Waals surface area contributed by atoms with Crippen molar-refractivity contribution in [2.75, 3.05) is 64.0 Å². The highest BCUT2D eigenvalue weighted by atomic mass is 32.7. The monoisotopic (exact) mass is 2290 g/mol. The number of nitrogens with two attached hydrogens (primary N) is 3. The van der Waals surface area contributed by atoms with Crippen LogP contribution < -0.4 is 67.9 Å². The number of aryl methyl sites for hydroxylation is 5. The molecule has 16 rings (SSSR count). The molecule has 14 unspecified atom stereocenters. The fourth-order valence-corrected chi connectivity index (χ4v) is 26.9. The molecule has 7 aliphatic rings. The summed E-state index contributed by atoms with van der Waals surface area (Å²) in [5, 5.41) is 0. The van der Waals surface area contributed by atoms with Crippen molar-refractivity contribution in [1.29, 1.82) is 0 Å². The molecule has 9 aromatic rings. The molecule has 0 aromatic carbocycles. The molecule has 7 fully saturated rings. The van der Waals surface area contributed by atoms with Crippen LogP contribution in [0.5, 0.6) is 0 Å². The van der Waals surface area contributed by atoms with Gasteiger partial charge in [0.25, 0.3) is 22.2 Å². The number of rotatable bonds is 41. The van der Waals surface area contributed by atoms with Crippen molar-refractivity contribution in [3.05, 3.63) is 178 Å². The Morgan fingerprint density at radius 3 is 0.812 bits per heavy atom. The van der Waals surface area contributed by atoms with E-state index in [1.807, 2.05) is 6.92 Å². The normalized spacial score (nSPS) is 29.7. The van der Waals surface area contributed by atoms with Crippen molar-refractivity contribution in [2.24, 2.45) is 0 Å². The lowest BCUT2D eigenvalue weighted by Gasteiger charge is -2.27. The van der Waals surface area contributed by atoms with Gasteiger partial charge in [-0.15, -0.1) is 0 Å². The van der Waals surface area contributed by atoms with E-state index in [1.54, 1.807) is 11.5 Å². The molecule has 7 aliphatic heterocycles. The molecule has 0 aliphatic carbocycles. The van der Waals surface area contributed by atoms with Gasteiger partial charge in [-0.3, -0.25) is 130 Å². The summed E-state index contributed by atoms with van der Waals surface area (Å²) in [7, 11) is 1.04. The smallest absolute Gasteiger partial charge is 0.383 e. The van der Waals surface area contributed by atoms with Crippen molar-refractivity contribution in [3.8, 4) is 0 Å². The molecule has 0 radical (unpaired) electrons. The first kappa shape index (κ1) is 110. The van der Waals surface area contributed by atoms with Crippen molar-refractivity contribution in [3.63, 3.8) is 0 Å². The van der Waals surface area contributed by atoms with Crippen LogP contribution in [0.1, 0.15) is 130 Å². The quantitative estimate of drug-likeness (QED) is 0.0143. The predicted octanol–water partition coefficient (Wildman–Crippen LogP) is 6.54. The number of imidazole rings is 2. The minimum atomic E-state index is -4.95. The molecule has 72 heteroatoms. The van der Waals surface area contributed by atoms with Gasteiger partial charge in [0.05, 0.1) is 64.5 Å². The molecule has 144 heavy (non-hydrogen) atoms. The second-order valence-electron chi connectivity index (χ2n) is 33.8. The van der Waals surface area contributed by atoms with Crippen LogP contribution in [0.2, 0.25) is 0 Å². The summed E-state index contributed by atoms with van der Waals surface area (Å²) in [6.45, 7) is -28.8.